The van der Waals surface area contributed by atoms with Crippen molar-refractivity contribution < 1.29 is 105 Å². The molecule has 136 heavy (non-hydrogen) atoms. The van der Waals surface area contributed by atoms with Crippen LogP contribution < -0.4 is 0 Å². The molecule has 0 spiro atoms. The molecule has 0 fully saturated rings. The van der Waals surface area contributed by atoms with Crippen LogP contribution in [0.1, 0.15) is 157 Å². The summed E-state index contributed by atoms with van der Waals surface area (Å²) >= 11 is 0. The Morgan fingerprint density at radius 3 is 0.551 bits per heavy atom. The number of carbonyl (C=O) groups excluding carboxylic acids is 11. The zero-order chi connectivity index (χ0) is 98.4. The standard InChI is InChI=1S/5C20H22N2O4.C4H8O2/c5*1-21(2)11-7-12-22-17(14-8-4-3-5-9-14)16(19(24)20(22)25)18(23)15-10-6-13-26-15;1-3-6-4(2)5/h5*3-6,8-10,13,17,24H,7,11-12H2,1-2H3;3H2,1-2H3. The van der Waals surface area contributed by atoms with Crippen LogP contribution in [-0.2, 0) is 33.5 Å². The molecule has 10 aromatic rings. The van der Waals surface area contributed by atoms with Crippen LogP contribution in [-0.4, -0.2) is 281 Å². The molecule has 0 saturated carbocycles. The second-order valence-corrected chi connectivity index (χ2v) is 33.6. The van der Waals surface area contributed by atoms with Gasteiger partial charge in [-0.1, -0.05) is 152 Å². The monoisotopic (exact) mass is 1860 g/mol. The lowest BCUT2D eigenvalue weighted by atomic mass is 9.95. The number of hydrogen-bond donors (Lipinski definition) is 5. The Balaban J connectivity index is 0.000000173. The van der Waals surface area contributed by atoms with Crippen molar-refractivity contribution in [3.63, 3.8) is 0 Å². The molecule has 0 radical (unpaired) electrons. The normalized spacial score (nSPS) is 17.0. The van der Waals surface area contributed by atoms with Crippen molar-refractivity contribution in [2.24, 2.45) is 0 Å². The quantitative estimate of drug-likeness (QED) is 0.0180. The first kappa shape index (κ1) is 103. The second-order valence-electron chi connectivity index (χ2n) is 33.6. The summed E-state index contributed by atoms with van der Waals surface area (Å²) in [7, 11) is 19.6. The van der Waals surface area contributed by atoms with Crippen molar-refractivity contribution in [1.29, 1.82) is 0 Å². The van der Waals surface area contributed by atoms with Crippen LogP contribution in [0, 0.1) is 0 Å². The van der Waals surface area contributed by atoms with E-state index in [1.54, 1.807) is 61.8 Å². The lowest BCUT2D eigenvalue weighted by molar-refractivity contribution is -0.140. The number of nitrogens with zero attached hydrogens (tertiary/aromatic N) is 10. The minimum absolute atomic E-state index is 0.0704. The van der Waals surface area contributed by atoms with Crippen molar-refractivity contribution in [2.45, 2.75) is 76.2 Å². The van der Waals surface area contributed by atoms with Crippen molar-refractivity contribution >= 4 is 64.4 Å². The molecular weight excluding hydrogens is 1740 g/mol. The van der Waals surface area contributed by atoms with E-state index in [9.17, 15) is 78.3 Å². The average molecular weight is 1860 g/mol. The van der Waals surface area contributed by atoms with Gasteiger partial charge >= 0.3 is 5.97 Å². The smallest absolute Gasteiger partial charge is 0.302 e. The van der Waals surface area contributed by atoms with Crippen molar-refractivity contribution in [1.82, 2.24) is 49.0 Å². The third-order valence-electron chi connectivity index (χ3n) is 22.4. The first-order chi connectivity index (χ1) is 65.3. The molecular formula is C104H118N10O22. The molecule has 5 atom stereocenters. The number of amides is 5. The van der Waals surface area contributed by atoms with Gasteiger partial charge in [-0.15, -0.1) is 0 Å². The Kier molecular flexibility index (Phi) is 37.8. The summed E-state index contributed by atoms with van der Waals surface area (Å²) in [5, 5.41) is 52.3. The number of aliphatic hydroxyl groups is 5. The highest BCUT2D eigenvalue weighted by atomic mass is 16.5. The molecule has 5 amide bonds. The van der Waals surface area contributed by atoms with E-state index in [0.717, 1.165) is 92.6 Å². The summed E-state index contributed by atoms with van der Waals surface area (Å²) in [6.07, 6.45) is 10.7. The highest BCUT2D eigenvalue weighted by molar-refractivity contribution is 6.18. The number of Topliss-reactive ketones (excluding diaryl/α,β-unsaturated/α-hetero) is 5. The molecule has 0 saturated heterocycles. The number of carbonyl (C=O) groups is 11. The minimum atomic E-state index is -0.622. The summed E-state index contributed by atoms with van der Waals surface area (Å²) in [6.45, 7) is 9.85. The van der Waals surface area contributed by atoms with E-state index in [4.69, 9.17) is 22.1 Å². The molecule has 716 valence electrons. The lowest BCUT2D eigenvalue weighted by Crippen LogP contribution is -2.33. The number of ether oxygens (including phenoxy) is 1. The van der Waals surface area contributed by atoms with Gasteiger partial charge in [-0.3, -0.25) is 52.7 Å². The zero-order valence-electron chi connectivity index (χ0n) is 78.4. The Labute approximate surface area is 790 Å². The van der Waals surface area contributed by atoms with Crippen molar-refractivity contribution in [3.8, 4) is 0 Å². The van der Waals surface area contributed by atoms with Crippen molar-refractivity contribution in [3.05, 3.63) is 357 Å². The van der Waals surface area contributed by atoms with E-state index in [2.05, 4.69) is 4.74 Å². The fourth-order valence-corrected chi connectivity index (χ4v) is 16.2. The van der Waals surface area contributed by atoms with Gasteiger partial charge in [-0.05, 0) is 231 Å². The maximum atomic E-state index is 12.9. The number of ketones is 5. The van der Waals surface area contributed by atoms with E-state index < -0.39 is 117 Å². The molecule has 10 heterocycles. The van der Waals surface area contributed by atoms with Crippen LogP contribution in [0.3, 0.4) is 0 Å². The Bertz CT molecular complexity index is 5020. The molecule has 32 heteroatoms. The number of benzene rings is 5. The van der Waals surface area contributed by atoms with E-state index in [1.807, 2.05) is 247 Å². The van der Waals surface area contributed by atoms with Gasteiger partial charge in [0.15, 0.2) is 57.6 Å². The second kappa shape index (κ2) is 49.8. The summed E-state index contributed by atoms with van der Waals surface area (Å²) in [6, 6.07) is 58.9. The fraction of sp³-hybridized carbons (Fsp3) is 0.317. The molecule has 5 unspecified atom stereocenters. The Hall–Kier alpha value is -14.8. The number of rotatable bonds is 36. The summed E-state index contributed by atoms with van der Waals surface area (Å²) < 4.78 is 30.4. The largest absolute Gasteiger partial charge is 0.503 e. The van der Waals surface area contributed by atoms with Crippen LogP contribution in [0.15, 0.2) is 322 Å². The number of aliphatic hydroxyl groups excluding tert-OH is 5. The third-order valence-corrected chi connectivity index (χ3v) is 22.4. The highest BCUT2D eigenvalue weighted by Crippen LogP contribution is 2.45. The van der Waals surface area contributed by atoms with E-state index in [0.29, 0.717) is 39.3 Å². The van der Waals surface area contributed by atoms with Crippen LogP contribution >= 0.6 is 0 Å². The lowest BCUT2D eigenvalue weighted by Gasteiger charge is -2.27. The summed E-state index contributed by atoms with van der Waals surface area (Å²) in [5.41, 5.74) is 4.26. The van der Waals surface area contributed by atoms with Crippen molar-refractivity contribution in [2.75, 3.05) is 143 Å². The Morgan fingerprint density at radius 1 is 0.272 bits per heavy atom. The van der Waals surface area contributed by atoms with Gasteiger partial charge in [-0.25, -0.2) is 0 Å². The van der Waals surface area contributed by atoms with Gasteiger partial charge in [0.25, 0.3) is 29.5 Å². The molecule has 15 rings (SSSR count). The van der Waals surface area contributed by atoms with E-state index >= 15 is 0 Å². The van der Waals surface area contributed by atoms with E-state index in [1.165, 1.54) is 68.6 Å². The third kappa shape index (κ3) is 26.0. The van der Waals surface area contributed by atoms with Gasteiger partial charge in [0, 0.05) is 39.6 Å². The average Bonchev–Trinajstić information content (AvgIpc) is 1.64. The fourth-order valence-electron chi connectivity index (χ4n) is 16.2. The molecule has 32 nitrogen and oxygen atoms in total. The first-order valence-corrected chi connectivity index (χ1v) is 44.5. The van der Waals surface area contributed by atoms with Gasteiger partial charge in [0.05, 0.1) is 96.0 Å². The highest BCUT2D eigenvalue weighted by Gasteiger charge is 2.50. The molecule has 5 aromatic heterocycles. The zero-order valence-corrected chi connectivity index (χ0v) is 78.4. The molecule has 5 N–H and O–H groups in total. The topological polar surface area (TPSA) is 396 Å². The maximum absolute atomic E-state index is 12.9. The van der Waals surface area contributed by atoms with Crippen LogP contribution in [0.25, 0.3) is 0 Å². The SMILES string of the molecule is CCOC(C)=O.CN(C)CCCN1C(=O)C(O)=C(C(=O)c2ccco2)C1c1ccccc1.CN(C)CCCN1C(=O)C(O)=C(C(=O)c2ccco2)C1c1ccccc1.CN(C)CCCN1C(=O)C(O)=C(C(=O)c2ccco2)C1c1ccccc1.CN(C)CCCN1C(=O)C(O)=C(C(=O)c2ccco2)C1c1ccccc1.CN(C)CCCN1C(=O)C(O)=C(C(=O)c2ccco2)C1c1ccccc1. The van der Waals surface area contributed by atoms with Gasteiger partial charge in [-0.2, -0.15) is 0 Å². The number of hydrogen-bond acceptors (Lipinski definition) is 27. The molecule has 5 aromatic carbocycles. The molecule has 0 aliphatic carbocycles. The van der Waals surface area contributed by atoms with Gasteiger partial charge in [0.1, 0.15) is 0 Å². The number of esters is 1. The molecule has 5 aliphatic heterocycles. The first-order valence-electron chi connectivity index (χ1n) is 44.5. The van der Waals surface area contributed by atoms with Crippen LogP contribution in [0.4, 0.5) is 0 Å². The molecule has 0 bridgehead atoms. The predicted octanol–water partition coefficient (Wildman–Crippen LogP) is 14.6. The Morgan fingerprint density at radius 2 is 0.434 bits per heavy atom. The maximum Gasteiger partial charge on any atom is 0.302 e. The van der Waals surface area contributed by atoms with Crippen LogP contribution in [0.5, 0.6) is 0 Å². The van der Waals surface area contributed by atoms with Gasteiger partial charge < -0.3 is 101 Å². The minimum Gasteiger partial charge on any atom is -0.503 e. The molecule has 5 aliphatic rings. The number of furan rings is 5. The van der Waals surface area contributed by atoms with Gasteiger partial charge in [0.2, 0.25) is 28.9 Å². The summed E-state index contributed by atoms with van der Waals surface area (Å²) in [4.78, 5) is 155. The van der Waals surface area contributed by atoms with Crippen LogP contribution in [0.2, 0.25) is 0 Å². The van der Waals surface area contributed by atoms with E-state index in [-0.39, 0.29) is 62.6 Å². The summed E-state index contributed by atoms with van der Waals surface area (Å²) in [5.74, 6) is -7.10. The predicted molar refractivity (Wildman–Crippen MR) is 506 cm³/mol.